The number of methoxy groups -OCH3 is 1. The Labute approximate surface area is 119 Å². The number of hydrogen-bond donors (Lipinski definition) is 1. The van der Waals surface area contributed by atoms with Gasteiger partial charge in [-0.3, -0.25) is 0 Å². The number of nitrogens with one attached hydrogen (secondary N) is 1. The van der Waals surface area contributed by atoms with E-state index in [-0.39, 0.29) is 11.0 Å². The highest BCUT2D eigenvalue weighted by Crippen LogP contribution is 2.35. The highest BCUT2D eigenvalue weighted by atomic mass is 32.1. The maximum absolute atomic E-state index is 5.60. The first-order valence-corrected chi connectivity index (χ1v) is 7.64. The molecule has 0 aromatic carbocycles. The summed E-state index contributed by atoms with van der Waals surface area (Å²) in [7, 11) is 1.72. The van der Waals surface area contributed by atoms with Crippen LogP contribution in [-0.4, -0.2) is 38.5 Å². The molecule has 2 rings (SSSR count). The van der Waals surface area contributed by atoms with Gasteiger partial charge in [0, 0.05) is 31.1 Å². The molecule has 4 nitrogen and oxygen atoms in total. The fourth-order valence-electron chi connectivity index (χ4n) is 2.18. The fourth-order valence-corrected chi connectivity index (χ4v) is 3.42. The van der Waals surface area contributed by atoms with Crippen LogP contribution in [0.2, 0.25) is 0 Å². The molecule has 5 heteroatoms. The second-order valence-electron chi connectivity index (χ2n) is 6.09. The monoisotopic (exact) mass is 284 g/mol. The minimum atomic E-state index is -0.118. The zero-order valence-electron chi connectivity index (χ0n) is 12.3. The van der Waals surface area contributed by atoms with Crippen molar-refractivity contribution in [1.29, 1.82) is 0 Å². The van der Waals surface area contributed by atoms with E-state index in [0.29, 0.717) is 13.2 Å². The van der Waals surface area contributed by atoms with E-state index in [0.717, 1.165) is 30.3 Å². The highest BCUT2D eigenvalue weighted by molar-refractivity contribution is 7.09. The molecule has 108 valence electrons. The molecule has 1 aliphatic heterocycles. The number of aromatic nitrogens is 1. The Morgan fingerprint density at radius 1 is 1.53 bits per heavy atom. The molecule has 0 bridgehead atoms. The van der Waals surface area contributed by atoms with Gasteiger partial charge in [-0.1, -0.05) is 20.8 Å². The van der Waals surface area contributed by atoms with Crippen LogP contribution in [0.4, 0.5) is 0 Å². The summed E-state index contributed by atoms with van der Waals surface area (Å²) >= 11 is 1.74. The van der Waals surface area contributed by atoms with E-state index in [1.807, 2.05) is 0 Å². The fraction of sp³-hybridized carbons (Fsp3) is 0.786. The molecule has 0 spiro atoms. The molecule has 1 aromatic heterocycles. The maximum Gasteiger partial charge on any atom is 0.115 e. The van der Waals surface area contributed by atoms with Gasteiger partial charge in [-0.15, -0.1) is 11.3 Å². The van der Waals surface area contributed by atoms with Crippen LogP contribution >= 0.6 is 11.3 Å². The predicted molar refractivity (Wildman–Crippen MR) is 77.8 cm³/mol. The van der Waals surface area contributed by atoms with Gasteiger partial charge < -0.3 is 14.8 Å². The molecule has 1 N–H and O–H groups in total. The Bertz CT molecular complexity index is 406. The van der Waals surface area contributed by atoms with E-state index in [1.165, 1.54) is 0 Å². The van der Waals surface area contributed by atoms with Crippen LogP contribution in [0.5, 0.6) is 0 Å². The zero-order chi connectivity index (χ0) is 13.9. The van der Waals surface area contributed by atoms with Crippen LogP contribution in [-0.2, 0) is 20.4 Å². The van der Waals surface area contributed by atoms with Gasteiger partial charge in [0.15, 0.2) is 0 Å². The van der Waals surface area contributed by atoms with Crippen LogP contribution < -0.4 is 5.32 Å². The summed E-state index contributed by atoms with van der Waals surface area (Å²) in [6, 6.07) is 0. The van der Waals surface area contributed by atoms with Crippen molar-refractivity contribution in [3.63, 3.8) is 0 Å². The molecule has 1 aromatic rings. The first kappa shape index (κ1) is 14.9. The molecule has 1 fully saturated rings. The van der Waals surface area contributed by atoms with E-state index in [1.54, 1.807) is 18.4 Å². The van der Waals surface area contributed by atoms with Crippen LogP contribution in [0.1, 0.15) is 37.9 Å². The molecule has 0 amide bonds. The lowest BCUT2D eigenvalue weighted by Gasteiger charge is -2.26. The van der Waals surface area contributed by atoms with Gasteiger partial charge in [0.2, 0.25) is 0 Å². The molecule has 19 heavy (non-hydrogen) atoms. The number of rotatable bonds is 5. The molecule has 1 aliphatic rings. The standard InChI is InChI=1S/C14H24N2O2S/c1-13(2,3)11-9-19-12(16-11)14(5-7-18-10-14)15-6-8-17-4/h9,15H,5-8,10H2,1-4H3. The van der Waals surface area contributed by atoms with Gasteiger partial charge >= 0.3 is 0 Å². The third-order valence-corrected chi connectivity index (χ3v) is 4.52. The van der Waals surface area contributed by atoms with Crippen molar-refractivity contribution in [2.24, 2.45) is 0 Å². The Morgan fingerprint density at radius 3 is 2.84 bits per heavy atom. The van der Waals surface area contributed by atoms with Crippen molar-refractivity contribution in [3.8, 4) is 0 Å². The SMILES string of the molecule is COCCNC1(c2nc(C(C)(C)C)cs2)CCOC1. The third-order valence-electron chi connectivity index (χ3n) is 3.47. The van der Waals surface area contributed by atoms with Gasteiger partial charge in [0.25, 0.3) is 0 Å². The lowest BCUT2D eigenvalue weighted by atomic mass is 9.93. The van der Waals surface area contributed by atoms with Crippen molar-refractivity contribution >= 4 is 11.3 Å². The highest BCUT2D eigenvalue weighted by Gasteiger charge is 2.39. The summed E-state index contributed by atoms with van der Waals surface area (Å²) < 4.78 is 10.7. The van der Waals surface area contributed by atoms with Crippen LogP contribution in [0.25, 0.3) is 0 Å². The minimum Gasteiger partial charge on any atom is -0.383 e. The van der Waals surface area contributed by atoms with E-state index < -0.39 is 0 Å². The molecule has 0 aliphatic carbocycles. The quantitative estimate of drug-likeness (QED) is 0.843. The molecular formula is C14H24N2O2S. The Hall–Kier alpha value is -0.490. The van der Waals surface area contributed by atoms with E-state index in [4.69, 9.17) is 14.5 Å². The normalized spacial score (nSPS) is 24.0. The van der Waals surface area contributed by atoms with Crippen molar-refractivity contribution in [2.45, 2.75) is 38.1 Å². The largest absolute Gasteiger partial charge is 0.383 e. The number of nitrogens with zero attached hydrogens (tertiary/aromatic N) is 1. The summed E-state index contributed by atoms with van der Waals surface area (Å²) in [5.41, 5.74) is 1.14. The van der Waals surface area contributed by atoms with Gasteiger partial charge in [-0.2, -0.15) is 0 Å². The topological polar surface area (TPSA) is 43.4 Å². The molecule has 1 saturated heterocycles. The smallest absolute Gasteiger partial charge is 0.115 e. The average Bonchev–Trinajstić information content (AvgIpc) is 2.97. The lowest BCUT2D eigenvalue weighted by Crippen LogP contribution is -2.44. The van der Waals surface area contributed by atoms with Crippen molar-refractivity contribution < 1.29 is 9.47 Å². The molecular weight excluding hydrogens is 260 g/mol. The number of ether oxygens (including phenoxy) is 2. The minimum absolute atomic E-state index is 0.0991. The average molecular weight is 284 g/mol. The molecule has 1 atom stereocenters. The van der Waals surface area contributed by atoms with E-state index in [9.17, 15) is 0 Å². The van der Waals surface area contributed by atoms with Gasteiger partial charge in [-0.25, -0.2) is 4.98 Å². The Kier molecular flexibility index (Phi) is 4.61. The van der Waals surface area contributed by atoms with Crippen molar-refractivity contribution in [3.05, 3.63) is 16.1 Å². The summed E-state index contributed by atoms with van der Waals surface area (Å²) in [6.07, 6.45) is 0.980. The van der Waals surface area contributed by atoms with Gasteiger partial charge in [0.05, 0.1) is 24.4 Å². The maximum atomic E-state index is 5.60. The molecule has 2 heterocycles. The predicted octanol–water partition coefficient (Wildman–Crippen LogP) is 2.29. The second-order valence-corrected chi connectivity index (χ2v) is 6.95. The summed E-state index contributed by atoms with van der Waals surface area (Å²) in [4.78, 5) is 4.85. The van der Waals surface area contributed by atoms with Crippen molar-refractivity contribution in [2.75, 3.05) is 33.5 Å². The Morgan fingerprint density at radius 2 is 2.32 bits per heavy atom. The molecule has 1 unspecified atom stereocenters. The van der Waals surface area contributed by atoms with E-state index >= 15 is 0 Å². The number of hydrogen-bond acceptors (Lipinski definition) is 5. The van der Waals surface area contributed by atoms with E-state index in [2.05, 4.69) is 31.5 Å². The van der Waals surface area contributed by atoms with Crippen LogP contribution in [0.15, 0.2) is 5.38 Å². The summed E-state index contributed by atoms with van der Waals surface area (Å²) in [6.45, 7) is 9.62. The first-order chi connectivity index (χ1) is 8.98. The van der Waals surface area contributed by atoms with Gasteiger partial charge in [0.1, 0.15) is 5.01 Å². The van der Waals surface area contributed by atoms with Gasteiger partial charge in [-0.05, 0) is 6.42 Å². The molecule has 0 radical (unpaired) electrons. The van der Waals surface area contributed by atoms with Crippen molar-refractivity contribution in [1.82, 2.24) is 10.3 Å². The second kappa shape index (κ2) is 5.87. The third kappa shape index (κ3) is 3.34. The van der Waals surface area contributed by atoms with Crippen LogP contribution in [0.3, 0.4) is 0 Å². The van der Waals surface area contributed by atoms with Crippen LogP contribution in [0, 0.1) is 0 Å². The first-order valence-electron chi connectivity index (χ1n) is 6.76. The lowest BCUT2D eigenvalue weighted by molar-refractivity contribution is 0.152. The number of thiazole rings is 1. The summed E-state index contributed by atoms with van der Waals surface area (Å²) in [5, 5.41) is 6.89. The summed E-state index contributed by atoms with van der Waals surface area (Å²) in [5.74, 6) is 0. The zero-order valence-corrected chi connectivity index (χ0v) is 13.1. The Balaban J connectivity index is 2.17. The molecule has 0 saturated carbocycles.